The molecule has 5 rings (SSSR count). The molecule has 1 aliphatic heterocycles. The lowest BCUT2D eigenvalue weighted by Crippen LogP contribution is -2.31. The van der Waals surface area contributed by atoms with Crippen LogP contribution in [-0.2, 0) is 10.8 Å². The molecule has 1 fully saturated rings. The summed E-state index contributed by atoms with van der Waals surface area (Å²) < 4.78 is 0.763. The van der Waals surface area contributed by atoms with Crippen molar-refractivity contribution in [1.29, 1.82) is 0 Å². The van der Waals surface area contributed by atoms with Crippen molar-refractivity contribution in [2.24, 2.45) is 0 Å². The first-order valence-electron chi connectivity index (χ1n) is 13.4. The number of anilines is 1. The second kappa shape index (κ2) is 9.85. The summed E-state index contributed by atoms with van der Waals surface area (Å²) in [6.45, 7) is 11.2. The van der Waals surface area contributed by atoms with Gasteiger partial charge in [-0.05, 0) is 64.9 Å². The standard InChI is InChI=1S/C33H35BrN2O2/c1-22-16-17-24-13-7-8-14-26(24)30(22)32(3,4)23(2)12-11-15-29-33(18-9-6-10-19-33)27-20-25(34)21-28(36(37)38)31(27)35(29)5/h7-8,11-17,20-21H,2,6,9-10,18-19H2,1,3-5H3/b12-11+,29-15+. The Morgan fingerprint density at radius 2 is 1.84 bits per heavy atom. The molecule has 0 N–H and O–H groups in total. The molecule has 0 aromatic heterocycles. The van der Waals surface area contributed by atoms with Crippen molar-refractivity contribution < 1.29 is 4.92 Å². The SMILES string of the molecule is C=C(/C=C/C=C1/N(C)c2c([N+](=O)[O-])cc(Br)cc2C12CCCCC2)C(C)(C)c1c(C)ccc2ccccc12. The highest BCUT2D eigenvalue weighted by molar-refractivity contribution is 9.10. The van der Waals surface area contributed by atoms with Gasteiger partial charge in [-0.2, -0.15) is 0 Å². The summed E-state index contributed by atoms with van der Waals surface area (Å²) in [6, 6.07) is 16.6. The average molecular weight is 572 g/mol. The molecule has 0 atom stereocenters. The highest BCUT2D eigenvalue weighted by atomic mass is 79.9. The van der Waals surface area contributed by atoms with E-state index < -0.39 is 0 Å². The molecule has 38 heavy (non-hydrogen) atoms. The smallest absolute Gasteiger partial charge is 0.294 e. The van der Waals surface area contributed by atoms with Crippen molar-refractivity contribution in [3.63, 3.8) is 0 Å². The van der Waals surface area contributed by atoms with Gasteiger partial charge in [0.2, 0.25) is 0 Å². The number of nitro benzene ring substituents is 1. The molecule has 0 unspecified atom stereocenters. The number of hydrogen-bond donors (Lipinski definition) is 0. The van der Waals surface area contributed by atoms with Gasteiger partial charge in [0.1, 0.15) is 5.69 Å². The molecule has 3 aromatic carbocycles. The molecule has 1 saturated carbocycles. The van der Waals surface area contributed by atoms with Crippen molar-refractivity contribution >= 4 is 38.1 Å². The van der Waals surface area contributed by atoms with Crippen molar-refractivity contribution in [1.82, 2.24) is 0 Å². The Hall–Kier alpha value is -3.18. The number of likely N-dealkylation sites (N-methyl/N-ethyl adjacent to an activating group) is 1. The van der Waals surface area contributed by atoms with E-state index in [0.717, 1.165) is 52.7 Å². The molecule has 3 aromatic rings. The van der Waals surface area contributed by atoms with E-state index in [-0.39, 0.29) is 21.4 Å². The van der Waals surface area contributed by atoms with Gasteiger partial charge in [0.15, 0.2) is 0 Å². The molecule has 0 bridgehead atoms. The minimum atomic E-state index is -0.267. The van der Waals surface area contributed by atoms with E-state index in [1.165, 1.54) is 28.3 Å². The first kappa shape index (κ1) is 26.4. The lowest BCUT2D eigenvalue weighted by atomic mass is 9.68. The van der Waals surface area contributed by atoms with E-state index >= 15 is 0 Å². The van der Waals surface area contributed by atoms with E-state index in [4.69, 9.17) is 0 Å². The number of fused-ring (bicyclic) bond motifs is 3. The van der Waals surface area contributed by atoms with Crippen LogP contribution in [0.4, 0.5) is 11.4 Å². The molecular formula is C33H35BrN2O2. The van der Waals surface area contributed by atoms with Gasteiger partial charge in [0.25, 0.3) is 5.69 Å². The maximum Gasteiger partial charge on any atom is 0.294 e. The third kappa shape index (κ3) is 4.21. The largest absolute Gasteiger partial charge is 0.341 e. The van der Waals surface area contributed by atoms with Gasteiger partial charge in [-0.3, -0.25) is 10.1 Å². The van der Waals surface area contributed by atoms with Gasteiger partial charge < -0.3 is 4.90 Å². The van der Waals surface area contributed by atoms with Gasteiger partial charge in [-0.25, -0.2) is 0 Å². The topological polar surface area (TPSA) is 46.4 Å². The molecular weight excluding hydrogens is 536 g/mol. The van der Waals surface area contributed by atoms with Crippen LogP contribution in [-0.4, -0.2) is 12.0 Å². The Kier molecular flexibility index (Phi) is 6.85. The number of benzene rings is 3. The zero-order valence-electron chi connectivity index (χ0n) is 22.7. The van der Waals surface area contributed by atoms with Gasteiger partial charge in [0.05, 0.1) is 4.92 Å². The van der Waals surface area contributed by atoms with Crippen LogP contribution < -0.4 is 4.90 Å². The Labute approximate surface area is 234 Å². The highest BCUT2D eigenvalue weighted by Gasteiger charge is 2.49. The Balaban J connectivity index is 1.55. The molecule has 4 nitrogen and oxygen atoms in total. The van der Waals surface area contributed by atoms with E-state index in [1.54, 1.807) is 6.07 Å². The third-order valence-corrected chi connectivity index (χ3v) is 9.24. The minimum absolute atomic E-state index is 0.158. The zero-order valence-corrected chi connectivity index (χ0v) is 24.3. The van der Waals surface area contributed by atoms with Gasteiger partial charge in [-0.15, -0.1) is 0 Å². The van der Waals surface area contributed by atoms with E-state index in [1.807, 2.05) is 7.05 Å². The predicted molar refractivity (Wildman–Crippen MR) is 162 cm³/mol. The van der Waals surface area contributed by atoms with Crippen LogP contribution in [0.1, 0.15) is 62.6 Å². The fraction of sp³-hybridized carbons (Fsp3) is 0.333. The number of hydrogen-bond acceptors (Lipinski definition) is 3. The summed E-state index contributed by atoms with van der Waals surface area (Å²) >= 11 is 3.54. The zero-order chi connectivity index (χ0) is 27.2. The van der Waals surface area contributed by atoms with Crippen molar-refractivity contribution in [2.75, 3.05) is 11.9 Å². The van der Waals surface area contributed by atoms with Crippen LogP contribution in [0.5, 0.6) is 0 Å². The van der Waals surface area contributed by atoms with Gasteiger partial charge in [-0.1, -0.05) is 104 Å². The fourth-order valence-electron chi connectivity index (χ4n) is 6.81. The number of nitrogens with zero attached hydrogens (tertiary/aromatic N) is 2. The monoisotopic (exact) mass is 570 g/mol. The summed E-state index contributed by atoms with van der Waals surface area (Å²) in [5.41, 5.74) is 6.21. The number of aryl methyl sites for hydroxylation is 1. The fourth-order valence-corrected chi connectivity index (χ4v) is 7.25. The number of halogens is 1. The molecule has 2 aliphatic rings. The lowest BCUT2D eigenvalue weighted by Gasteiger charge is -2.36. The maximum atomic E-state index is 12.0. The summed E-state index contributed by atoms with van der Waals surface area (Å²) in [5, 5.41) is 14.5. The number of allylic oxidation sites excluding steroid dienone is 5. The first-order valence-corrected chi connectivity index (χ1v) is 14.2. The van der Waals surface area contributed by atoms with Crippen molar-refractivity contribution in [2.45, 2.75) is 63.7 Å². The predicted octanol–water partition coefficient (Wildman–Crippen LogP) is 9.44. The number of nitro groups is 1. The van der Waals surface area contributed by atoms with Crippen LogP contribution in [0, 0.1) is 17.0 Å². The molecule has 1 aliphatic carbocycles. The molecule has 5 heteroatoms. The molecule has 0 amide bonds. The summed E-state index contributed by atoms with van der Waals surface area (Å²) in [5.74, 6) is 0. The molecule has 0 radical (unpaired) electrons. The first-order chi connectivity index (χ1) is 18.1. The molecule has 196 valence electrons. The summed E-state index contributed by atoms with van der Waals surface area (Å²) in [6.07, 6.45) is 11.8. The molecule has 0 saturated heterocycles. The van der Waals surface area contributed by atoms with Crippen LogP contribution in [0.15, 0.2) is 89.1 Å². The number of rotatable bonds is 5. The lowest BCUT2D eigenvalue weighted by molar-refractivity contribution is -0.384. The van der Waals surface area contributed by atoms with E-state index in [2.05, 4.69) is 109 Å². The van der Waals surface area contributed by atoms with Crippen molar-refractivity contribution in [3.05, 3.63) is 116 Å². The quantitative estimate of drug-likeness (QED) is 0.174. The maximum absolute atomic E-state index is 12.0. The molecule has 1 heterocycles. The van der Waals surface area contributed by atoms with Crippen LogP contribution >= 0.6 is 15.9 Å². The Bertz CT molecular complexity index is 1510. The van der Waals surface area contributed by atoms with Gasteiger partial charge >= 0.3 is 0 Å². The molecule has 1 spiro atoms. The van der Waals surface area contributed by atoms with E-state index in [9.17, 15) is 10.1 Å². The second-order valence-corrected chi connectivity index (χ2v) is 12.2. The van der Waals surface area contributed by atoms with Crippen LogP contribution in [0.3, 0.4) is 0 Å². The van der Waals surface area contributed by atoms with Crippen LogP contribution in [0.25, 0.3) is 10.8 Å². The third-order valence-electron chi connectivity index (χ3n) is 8.78. The van der Waals surface area contributed by atoms with Gasteiger partial charge in [0, 0.05) is 34.1 Å². The minimum Gasteiger partial charge on any atom is -0.341 e. The highest BCUT2D eigenvalue weighted by Crippen LogP contribution is 2.58. The second-order valence-electron chi connectivity index (χ2n) is 11.3. The average Bonchev–Trinajstić information content (AvgIpc) is 3.10. The Morgan fingerprint density at radius 1 is 1.13 bits per heavy atom. The van der Waals surface area contributed by atoms with Crippen molar-refractivity contribution in [3.8, 4) is 0 Å². The summed E-state index contributed by atoms with van der Waals surface area (Å²) in [7, 11) is 1.97. The van der Waals surface area contributed by atoms with Crippen LogP contribution in [0.2, 0.25) is 0 Å². The van der Waals surface area contributed by atoms with E-state index in [0.29, 0.717) is 0 Å². The summed E-state index contributed by atoms with van der Waals surface area (Å²) in [4.78, 5) is 13.8. The Morgan fingerprint density at radius 3 is 2.55 bits per heavy atom. The normalized spacial score (nSPS) is 18.0.